The predicted molar refractivity (Wildman–Crippen MR) is 112 cm³/mol. The number of nitrogens with one attached hydrogen (secondary N) is 1. The second kappa shape index (κ2) is 10.2. The van der Waals surface area contributed by atoms with Crippen molar-refractivity contribution in [1.82, 2.24) is 5.32 Å². The molecule has 1 saturated carbocycles. The lowest BCUT2D eigenvalue weighted by Gasteiger charge is -2.36. The third-order valence-corrected chi connectivity index (χ3v) is 4.35. The van der Waals surface area contributed by atoms with E-state index in [-0.39, 0.29) is 35.6 Å². The van der Waals surface area contributed by atoms with Crippen molar-refractivity contribution in [3.63, 3.8) is 0 Å². The monoisotopic (exact) mass is 435 g/mol. The fraction of sp³-hybridized carbons (Fsp3) is 0.500. The zero-order valence-electron chi connectivity index (χ0n) is 18.5. The molecule has 1 aromatic rings. The molecule has 1 aliphatic rings. The predicted octanol–water partition coefficient (Wildman–Crippen LogP) is 3.26. The number of carbonyl (C=O) groups excluding carboxylic acids is 3. The number of carbonyl (C=O) groups is 3. The van der Waals surface area contributed by atoms with Crippen LogP contribution in [0.2, 0.25) is 0 Å². The molecule has 1 aliphatic carbocycles. The number of methoxy groups -OCH3 is 2. The van der Waals surface area contributed by atoms with E-state index in [1.165, 1.54) is 32.4 Å². The van der Waals surface area contributed by atoms with Gasteiger partial charge < -0.3 is 29.0 Å². The van der Waals surface area contributed by atoms with Crippen molar-refractivity contribution >= 4 is 18.0 Å². The van der Waals surface area contributed by atoms with Crippen molar-refractivity contribution in [2.75, 3.05) is 20.8 Å². The Hall–Kier alpha value is -3.23. The Morgan fingerprint density at radius 3 is 2.32 bits per heavy atom. The molecule has 9 nitrogen and oxygen atoms in total. The Morgan fingerprint density at radius 2 is 1.77 bits per heavy atom. The maximum atomic E-state index is 12.3. The van der Waals surface area contributed by atoms with Gasteiger partial charge >= 0.3 is 18.0 Å². The van der Waals surface area contributed by atoms with Gasteiger partial charge in [0.25, 0.3) is 0 Å². The molecule has 0 spiro atoms. The molecule has 0 heterocycles. The van der Waals surface area contributed by atoms with E-state index < -0.39 is 23.6 Å². The number of rotatable bonds is 8. The van der Waals surface area contributed by atoms with E-state index in [9.17, 15) is 14.4 Å². The minimum Gasteiger partial charge on any atom is -0.490 e. The van der Waals surface area contributed by atoms with E-state index in [4.69, 9.17) is 23.7 Å². The zero-order valence-corrected chi connectivity index (χ0v) is 18.5. The summed E-state index contributed by atoms with van der Waals surface area (Å²) >= 11 is 0. The second-order valence-electron chi connectivity index (χ2n) is 7.98. The SMILES string of the molecule is C=CCOc1cc(O[C@H]2C[C@H](NC(=O)OC(C)(C)C)C2)cc(C(=O)OC)c1C(=O)OC. The summed E-state index contributed by atoms with van der Waals surface area (Å²) in [6.45, 7) is 9.07. The fourth-order valence-electron chi connectivity index (χ4n) is 2.95. The topological polar surface area (TPSA) is 109 Å². The molecule has 1 N–H and O–H groups in total. The molecule has 0 aromatic heterocycles. The molecular formula is C22H29NO8. The van der Waals surface area contributed by atoms with E-state index in [1.54, 1.807) is 20.8 Å². The van der Waals surface area contributed by atoms with Crippen LogP contribution in [0.5, 0.6) is 11.5 Å². The van der Waals surface area contributed by atoms with Crippen LogP contribution >= 0.6 is 0 Å². The normalized spacial score (nSPS) is 17.6. The number of hydrogen-bond donors (Lipinski definition) is 1. The Kier molecular flexibility index (Phi) is 7.90. The summed E-state index contributed by atoms with van der Waals surface area (Å²) in [5.74, 6) is -1.02. The third kappa shape index (κ3) is 6.63. The summed E-state index contributed by atoms with van der Waals surface area (Å²) in [6, 6.07) is 2.84. The van der Waals surface area contributed by atoms with Gasteiger partial charge in [-0.1, -0.05) is 12.7 Å². The van der Waals surface area contributed by atoms with Crippen molar-refractivity contribution in [3.05, 3.63) is 35.9 Å². The summed E-state index contributed by atoms with van der Waals surface area (Å²) in [4.78, 5) is 36.4. The first-order valence-electron chi connectivity index (χ1n) is 9.82. The summed E-state index contributed by atoms with van der Waals surface area (Å²) in [5.41, 5.74) is -0.660. The highest BCUT2D eigenvalue weighted by Crippen LogP contribution is 2.33. The summed E-state index contributed by atoms with van der Waals surface area (Å²) in [7, 11) is 2.41. The van der Waals surface area contributed by atoms with Gasteiger partial charge in [-0.25, -0.2) is 14.4 Å². The first-order chi connectivity index (χ1) is 14.6. The fourth-order valence-corrected chi connectivity index (χ4v) is 2.95. The minimum absolute atomic E-state index is 0.0336. The molecule has 31 heavy (non-hydrogen) atoms. The standard InChI is InChI=1S/C22H29NO8/c1-7-8-29-17-12-15(11-16(19(24)27-5)18(17)20(25)28-6)30-14-9-13(10-14)23-21(26)31-22(2,3)4/h7,11-14H,1,8-10H2,2-6H3,(H,23,26)/t13-,14-. The highest BCUT2D eigenvalue weighted by molar-refractivity contribution is 6.05. The molecule has 0 unspecified atom stereocenters. The van der Waals surface area contributed by atoms with Crippen LogP contribution in [0.3, 0.4) is 0 Å². The second-order valence-corrected chi connectivity index (χ2v) is 7.98. The average Bonchev–Trinajstić information content (AvgIpc) is 2.67. The van der Waals surface area contributed by atoms with E-state index in [0.29, 0.717) is 18.6 Å². The maximum Gasteiger partial charge on any atom is 0.407 e. The van der Waals surface area contributed by atoms with E-state index >= 15 is 0 Å². The third-order valence-electron chi connectivity index (χ3n) is 4.35. The Bertz CT molecular complexity index is 837. The van der Waals surface area contributed by atoms with Crippen molar-refractivity contribution in [2.24, 2.45) is 0 Å². The highest BCUT2D eigenvalue weighted by Gasteiger charge is 2.34. The maximum absolute atomic E-state index is 12.3. The first-order valence-corrected chi connectivity index (χ1v) is 9.82. The lowest BCUT2D eigenvalue weighted by Crippen LogP contribution is -2.50. The van der Waals surface area contributed by atoms with Crippen LogP contribution in [0.1, 0.15) is 54.3 Å². The Labute approximate surface area is 181 Å². The molecule has 170 valence electrons. The van der Waals surface area contributed by atoms with Crippen LogP contribution in [-0.4, -0.2) is 56.6 Å². The number of esters is 2. The van der Waals surface area contributed by atoms with Crippen LogP contribution in [0.15, 0.2) is 24.8 Å². The molecule has 1 fully saturated rings. The van der Waals surface area contributed by atoms with Crippen LogP contribution in [0, 0.1) is 0 Å². The van der Waals surface area contributed by atoms with Crippen LogP contribution < -0.4 is 14.8 Å². The molecule has 0 saturated heterocycles. The van der Waals surface area contributed by atoms with Crippen molar-refractivity contribution in [3.8, 4) is 11.5 Å². The minimum atomic E-state index is -0.740. The molecule has 0 aliphatic heterocycles. The first kappa shape index (κ1) is 24.0. The molecule has 2 rings (SSSR count). The van der Waals surface area contributed by atoms with Gasteiger partial charge in [-0.15, -0.1) is 0 Å². The lowest BCUT2D eigenvalue weighted by atomic mass is 9.89. The number of amides is 1. The number of hydrogen-bond acceptors (Lipinski definition) is 8. The Morgan fingerprint density at radius 1 is 1.13 bits per heavy atom. The molecule has 9 heteroatoms. The summed E-state index contributed by atoms with van der Waals surface area (Å²) < 4.78 is 26.3. The lowest BCUT2D eigenvalue weighted by molar-refractivity contribution is 0.0360. The number of benzene rings is 1. The van der Waals surface area contributed by atoms with Gasteiger partial charge in [0, 0.05) is 24.9 Å². The quantitative estimate of drug-likeness (QED) is 0.376. The molecule has 0 bridgehead atoms. The highest BCUT2D eigenvalue weighted by atomic mass is 16.6. The average molecular weight is 435 g/mol. The largest absolute Gasteiger partial charge is 0.490 e. The molecule has 1 aromatic carbocycles. The van der Waals surface area contributed by atoms with Gasteiger partial charge in [-0.3, -0.25) is 0 Å². The Balaban J connectivity index is 2.14. The molecular weight excluding hydrogens is 406 g/mol. The summed E-state index contributed by atoms with van der Waals surface area (Å²) in [6.07, 6.45) is 1.96. The van der Waals surface area contributed by atoms with E-state index in [1.807, 2.05) is 0 Å². The number of alkyl carbamates (subject to hydrolysis) is 1. The van der Waals surface area contributed by atoms with Crippen LogP contribution in [-0.2, 0) is 14.2 Å². The van der Waals surface area contributed by atoms with Crippen LogP contribution in [0.4, 0.5) is 4.79 Å². The van der Waals surface area contributed by atoms with Gasteiger partial charge in [0.2, 0.25) is 0 Å². The van der Waals surface area contributed by atoms with Crippen molar-refractivity contribution in [1.29, 1.82) is 0 Å². The molecule has 0 radical (unpaired) electrons. The van der Waals surface area contributed by atoms with Crippen LogP contribution in [0.25, 0.3) is 0 Å². The van der Waals surface area contributed by atoms with E-state index in [2.05, 4.69) is 11.9 Å². The van der Waals surface area contributed by atoms with Gasteiger partial charge in [0.1, 0.15) is 35.4 Å². The smallest absolute Gasteiger partial charge is 0.407 e. The van der Waals surface area contributed by atoms with Gasteiger partial charge in [0.05, 0.1) is 19.8 Å². The number of ether oxygens (including phenoxy) is 5. The zero-order chi connectivity index (χ0) is 23.2. The van der Waals surface area contributed by atoms with Crippen molar-refractivity contribution in [2.45, 2.75) is 51.4 Å². The van der Waals surface area contributed by atoms with Gasteiger partial charge in [-0.05, 0) is 26.8 Å². The van der Waals surface area contributed by atoms with Gasteiger partial charge in [-0.2, -0.15) is 0 Å². The van der Waals surface area contributed by atoms with Gasteiger partial charge in [0.15, 0.2) is 0 Å². The molecule has 0 atom stereocenters. The molecule has 1 amide bonds. The summed E-state index contributed by atoms with van der Waals surface area (Å²) in [5, 5.41) is 2.79. The van der Waals surface area contributed by atoms with E-state index in [0.717, 1.165) is 0 Å². The van der Waals surface area contributed by atoms with Crippen molar-refractivity contribution < 1.29 is 38.1 Å².